The summed E-state index contributed by atoms with van der Waals surface area (Å²) >= 11 is 0. The number of aliphatic hydroxyl groups is 2. The van der Waals surface area contributed by atoms with Crippen LogP contribution in [0.2, 0.25) is 0 Å². The molecule has 0 aliphatic carbocycles. The van der Waals surface area contributed by atoms with E-state index in [9.17, 15) is 49.2 Å². The molecule has 0 radical (unpaired) electrons. The first-order valence-electron chi connectivity index (χ1n) is 10.2. The van der Waals surface area contributed by atoms with Crippen LogP contribution in [0.3, 0.4) is 0 Å². The fourth-order valence-electron chi connectivity index (χ4n) is 2.22. The summed E-state index contributed by atoms with van der Waals surface area (Å²) in [7, 11) is 0. The molecule has 0 aromatic heterocycles. The average molecular weight is 535 g/mol. The molecule has 0 atom stereocenters. The van der Waals surface area contributed by atoms with Crippen LogP contribution in [-0.2, 0) is 47.7 Å². The Morgan fingerprint density at radius 2 is 0.714 bits per heavy atom. The molecule has 0 aromatic rings. The van der Waals surface area contributed by atoms with Crippen molar-refractivity contribution in [3.8, 4) is 0 Å². The molecule has 0 heterocycles. The Labute approximate surface area is 231 Å². The normalized spacial score (nSPS) is 10.5. The van der Waals surface area contributed by atoms with Crippen molar-refractivity contribution in [1.82, 2.24) is 0 Å². The second-order valence-corrected chi connectivity index (χ2v) is 6.57. The molecule has 0 amide bonds. The van der Waals surface area contributed by atoms with Crippen molar-refractivity contribution in [2.24, 2.45) is 0 Å². The van der Waals surface area contributed by atoms with Gasteiger partial charge in [-0.2, -0.15) is 0 Å². The van der Waals surface area contributed by atoms with E-state index in [1.165, 1.54) is 27.7 Å². The van der Waals surface area contributed by atoms with E-state index in [4.69, 9.17) is 0 Å². The van der Waals surface area contributed by atoms with E-state index < -0.39 is 72.7 Å². The summed E-state index contributed by atoms with van der Waals surface area (Å²) in [5, 5.41) is 40.7. The molecule has 14 nitrogen and oxygen atoms in total. The van der Waals surface area contributed by atoms with Crippen LogP contribution >= 0.6 is 0 Å². The number of hydrogen-bond acceptors (Lipinski definition) is 14. The molecule has 0 spiro atoms. The van der Waals surface area contributed by atoms with Gasteiger partial charge in [0, 0.05) is 0 Å². The van der Waals surface area contributed by atoms with Crippen LogP contribution in [-0.4, -0.2) is 121 Å². The number of carbonyl (C=O) groups is 6. The molecule has 0 aliphatic rings. The molecule has 0 saturated heterocycles. The zero-order valence-electron chi connectivity index (χ0n) is 20.2. The first-order valence-corrected chi connectivity index (χ1v) is 10.2. The van der Waals surface area contributed by atoms with E-state index in [0.29, 0.717) is 0 Å². The van der Waals surface area contributed by atoms with E-state index in [1.54, 1.807) is 0 Å². The molecular weight excluding hydrogens is 504 g/mol. The van der Waals surface area contributed by atoms with Crippen LogP contribution in [0.25, 0.3) is 0 Å². The molecule has 0 bridgehead atoms. The van der Waals surface area contributed by atoms with Gasteiger partial charge < -0.3 is 49.0 Å². The number of rotatable bonds is 14. The standard InChI is InChI=1S/2C10H16O7.Ca/c2*1-3-16-7(11)5-10(15,9(13)14)6-8(12)17-4-2;/h2*15H,3-6H2,1-2H3,(H,13,14);/q;;+2/p-2. The number of hydrogen-bond donors (Lipinski definition) is 2. The molecule has 2 N–H and O–H groups in total. The number of carboxylic acids is 2. The van der Waals surface area contributed by atoms with Crippen LogP contribution < -0.4 is 10.2 Å². The first kappa shape index (κ1) is 37.5. The van der Waals surface area contributed by atoms with Gasteiger partial charge in [0.2, 0.25) is 0 Å². The van der Waals surface area contributed by atoms with Gasteiger partial charge in [0.15, 0.2) is 0 Å². The largest absolute Gasteiger partial charge is 2.00 e. The molecule has 196 valence electrons. The summed E-state index contributed by atoms with van der Waals surface area (Å²) in [6, 6.07) is 0. The fourth-order valence-corrected chi connectivity index (χ4v) is 2.22. The molecule has 35 heavy (non-hydrogen) atoms. The second kappa shape index (κ2) is 19.2. The van der Waals surface area contributed by atoms with Crippen LogP contribution in [0.1, 0.15) is 53.4 Å². The molecule has 0 fully saturated rings. The van der Waals surface area contributed by atoms with Crippen LogP contribution in [0.4, 0.5) is 0 Å². The van der Waals surface area contributed by atoms with E-state index in [-0.39, 0.29) is 64.2 Å². The SMILES string of the molecule is CCOC(=O)CC(O)(CC(=O)OCC)C(=O)[O-].CCOC(=O)CC(O)(CC(=O)OCC)C(=O)[O-].[Ca+2]. The molecule has 0 aliphatic heterocycles. The predicted molar refractivity (Wildman–Crippen MR) is 111 cm³/mol. The summed E-state index contributed by atoms with van der Waals surface area (Å²) in [5.74, 6) is -7.55. The maximum atomic E-state index is 11.1. The Bertz CT molecular complexity index is 621. The molecule has 0 aromatic carbocycles. The summed E-state index contributed by atoms with van der Waals surface area (Å²) in [6.45, 7) is 6.29. The Kier molecular flexibility index (Phi) is 20.6. The van der Waals surface area contributed by atoms with Gasteiger partial charge in [-0.25, -0.2) is 0 Å². The van der Waals surface area contributed by atoms with E-state index in [2.05, 4.69) is 18.9 Å². The third-order valence-electron chi connectivity index (χ3n) is 3.73. The summed E-state index contributed by atoms with van der Waals surface area (Å²) in [4.78, 5) is 65.8. The van der Waals surface area contributed by atoms with Crippen molar-refractivity contribution in [3.63, 3.8) is 0 Å². The zero-order chi connectivity index (χ0) is 26.9. The quantitative estimate of drug-likeness (QED) is 0.125. The Morgan fingerprint density at radius 3 is 0.829 bits per heavy atom. The van der Waals surface area contributed by atoms with Crippen LogP contribution in [0.15, 0.2) is 0 Å². The summed E-state index contributed by atoms with van der Waals surface area (Å²) < 4.78 is 17.9. The smallest absolute Gasteiger partial charge is 0.547 e. The molecule has 0 saturated carbocycles. The van der Waals surface area contributed by atoms with E-state index in [1.807, 2.05) is 0 Å². The maximum Gasteiger partial charge on any atom is 2.00 e. The molecule has 0 unspecified atom stereocenters. The van der Waals surface area contributed by atoms with Crippen molar-refractivity contribution < 1.29 is 68.1 Å². The molecular formula is C20H30CaO14. The van der Waals surface area contributed by atoms with Crippen LogP contribution in [0.5, 0.6) is 0 Å². The number of aliphatic carboxylic acids is 2. The number of ether oxygens (including phenoxy) is 4. The Morgan fingerprint density at radius 1 is 0.543 bits per heavy atom. The summed E-state index contributed by atoms with van der Waals surface area (Å²) in [6.07, 6.45) is -3.44. The van der Waals surface area contributed by atoms with Gasteiger partial charge in [0.05, 0.1) is 64.0 Å². The van der Waals surface area contributed by atoms with Gasteiger partial charge in [-0.1, -0.05) is 0 Å². The van der Waals surface area contributed by atoms with Gasteiger partial charge in [0.25, 0.3) is 0 Å². The van der Waals surface area contributed by atoms with Gasteiger partial charge >= 0.3 is 61.6 Å². The first-order chi connectivity index (χ1) is 15.7. The van der Waals surface area contributed by atoms with Gasteiger partial charge in [0.1, 0.15) is 11.2 Å². The minimum atomic E-state index is -2.60. The van der Waals surface area contributed by atoms with Crippen LogP contribution in [0, 0.1) is 0 Å². The zero-order valence-corrected chi connectivity index (χ0v) is 22.4. The van der Waals surface area contributed by atoms with Gasteiger partial charge in [-0.05, 0) is 27.7 Å². The monoisotopic (exact) mass is 534 g/mol. The van der Waals surface area contributed by atoms with E-state index >= 15 is 0 Å². The van der Waals surface area contributed by atoms with Crippen molar-refractivity contribution in [2.45, 2.75) is 64.6 Å². The Balaban J connectivity index is -0.000000569. The molecule has 15 heteroatoms. The maximum absolute atomic E-state index is 11.1. The number of carboxylic acid groups (broad SMARTS) is 2. The fraction of sp³-hybridized carbons (Fsp3) is 0.700. The third kappa shape index (κ3) is 16.3. The minimum absolute atomic E-state index is 0. The Hall–Kier alpha value is -2.00. The van der Waals surface area contributed by atoms with Crippen molar-refractivity contribution in [1.29, 1.82) is 0 Å². The minimum Gasteiger partial charge on any atom is -0.547 e. The van der Waals surface area contributed by atoms with Gasteiger partial charge in [-0.15, -0.1) is 0 Å². The van der Waals surface area contributed by atoms with Crippen molar-refractivity contribution >= 4 is 73.6 Å². The summed E-state index contributed by atoms with van der Waals surface area (Å²) in [5.41, 5.74) is -5.20. The van der Waals surface area contributed by atoms with Crippen molar-refractivity contribution in [3.05, 3.63) is 0 Å². The van der Waals surface area contributed by atoms with E-state index in [0.717, 1.165) is 0 Å². The topological polar surface area (TPSA) is 226 Å². The number of carbonyl (C=O) groups excluding carboxylic acids is 6. The average Bonchev–Trinajstić information content (AvgIpc) is 2.68. The number of esters is 4. The second-order valence-electron chi connectivity index (χ2n) is 6.57. The predicted octanol–water partition coefficient (Wildman–Crippen LogP) is -3.63. The van der Waals surface area contributed by atoms with Gasteiger partial charge in [-0.3, -0.25) is 19.2 Å². The van der Waals surface area contributed by atoms with Crippen molar-refractivity contribution in [2.75, 3.05) is 26.4 Å². The molecule has 0 rings (SSSR count). The third-order valence-corrected chi connectivity index (χ3v) is 3.73.